The highest BCUT2D eigenvalue weighted by Gasteiger charge is 2.34. The molecule has 4 rings (SSSR count). The van der Waals surface area contributed by atoms with Gasteiger partial charge in [-0.2, -0.15) is 0 Å². The van der Waals surface area contributed by atoms with Gasteiger partial charge in [-0.1, -0.05) is 29.5 Å². The summed E-state index contributed by atoms with van der Waals surface area (Å²) in [5, 5.41) is 13.5. The summed E-state index contributed by atoms with van der Waals surface area (Å²) in [5.74, 6) is -0.602. The molecule has 3 aromatic rings. The molecule has 32 heavy (non-hydrogen) atoms. The number of esters is 1. The van der Waals surface area contributed by atoms with Gasteiger partial charge in [-0.15, -0.1) is 11.3 Å². The van der Waals surface area contributed by atoms with Crippen molar-refractivity contribution in [2.75, 3.05) is 6.61 Å². The first-order chi connectivity index (χ1) is 15.3. The minimum atomic E-state index is -0.880. The number of ether oxygens (including phenoxy) is 1. The van der Waals surface area contributed by atoms with Crippen molar-refractivity contribution in [2.24, 2.45) is 4.99 Å². The van der Waals surface area contributed by atoms with Gasteiger partial charge in [0, 0.05) is 16.5 Å². The summed E-state index contributed by atoms with van der Waals surface area (Å²) in [6, 6.07) is 7.64. The highest BCUT2D eigenvalue weighted by molar-refractivity contribution is 7.11. The van der Waals surface area contributed by atoms with Gasteiger partial charge in [0.25, 0.3) is 11.2 Å². The maximum Gasteiger partial charge on any atom is 0.338 e. The number of rotatable bonds is 5. The Balaban J connectivity index is 2.00. The normalized spacial score (nSPS) is 16.0. The number of carbonyl (C=O) groups excluding carboxylic acids is 1. The molecular weight excluding hydrogens is 450 g/mol. The number of hydrogen-bond donors (Lipinski definition) is 0. The minimum absolute atomic E-state index is 0.0823. The molecule has 0 radical (unpaired) electrons. The summed E-state index contributed by atoms with van der Waals surface area (Å²) < 4.78 is 7.14. The zero-order valence-electron chi connectivity index (χ0n) is 17.5. The first-order valence-electron chi connectivity index (χ1n) is 9.80. The molecule has 8 nitrogen and oxygen atoms in total. The number of aromatic nitrogens is 1. The lowest BCUT2D eigenvalue weighted by Crippen LogP contribution is -2.40. The van der Waals surface area contributed by atoms with Crippen LogP contribution in [-0.2, 0) is 9.53 Å². The Hall–Kier alpha value is -3.37. The summed E-state index contributed by atoms with van der Waals surface area (Å²) in [6.45, 7) is 5.16. The molecule has 0 saturated heterocycles. The van der Waals surface area contributed by atoms with E-state index in [4.69, 9.17) is 4.74 Å². The summed E-state index contributed by atoms with van der Waals surface area (Å²) in [6.07, 6.45) is 1.78. The Bertz CT molecular complexity index is 1430. The molecule has 0 saturated carbocycles. The van der Waals surface area contributed by atoms with E-state index in [0.717, 1.165) is 4.88 Å². The fourth-order valence-electron chi connectivity index (χ4n) is 3.60. The Morgan fingerprint density at radius 1 is 1.34 bits per heavy atom. The molecule has 0 N–H and O–H groups in total. The Morgan fingerprint density at radius 2 is 2.12 bits per heavy atom. The van der Waals surface area contributed by atoms with E-state index < -0.39 is 16.9 Å². The van der Waals surface area contributed by atoms with Gasteiger partial charge < -0.3 is 4.74 Å². The van der Waals surface area contributed by atoms with Crippen LogP contribution in [0.25, 0.3) is 6.08 Å². The van der Waals surface area contributed by atoms with Crippen LogP contribution < -0.4 is 14.9 Å². The van der Waals surface area contributed by atoms with Crippen molar-refractivity contribution in [3.63, 3.8) is 0 Å². The fourth-order valence-corrected chi connectivity index (χ4v) is 5.37. The average molecular weight is 470 g/mol. The first kappa shape index (κ1) is 21.8. The van der Waals surface area contributed by atoms with Gasteiger partial charge in [0.1, 0.15) is 0 Å². The second kappa shape index (κ2) is 8.64. The predicted molar refractivity (Wildman–Crippen MR) is 123 cm³/mol. The molecule has 3 heterocycles. The van der Waals surface area contributed by atoms with E-state index in [0.29, 0.717) is 26.2 Å². The molecule has 0 fully saturated rings. The topological polar surface area (TPSA) is 104 Å². The molecule has 1 aliphatic heterocycles. The molecule has 164 valence electrons. The standard InChI is InChI=1S/C22H19N3O5S2/c1-4-30-21(27)18-13(3)23-22-24(20(26)17(32-22)11-15-6-5-9-31-15)19(18)14-8-7-12(2)16(10-14)25(28)29/h5-11,19H,4H2,1-3H3/b17-11+/t19-/m1/s1. The van der Waals surface area contributed by atoms with E-state index in [1.807, 2.05) is 17.5 Å². The lowest BCUT2D eigenvalue weighted by Gasteiger charge is -2.24. The molecule has 0 bridgehead atoms. The number of aryl methyl sites for hydroxylation is 1. The molecule has 0 amide bonds. The van der Waals surface area contributed by atoms with Crippen LogP contribution in [0, 0.1) is 17.0 Å². The monoisotopic (exact) mass is 469 g/mol. The third-order valence-electron chi connectivity index (χ3n) is 5.08. The van der Waals surface area contributed by atoms with Crippen molar-refractivity contribution in [3.05, 3.63) is 92.8 Å². The third-order valence-corrected chi connectivity index (χ3v) is 6.88. The van der Waals surface area contributed by atoms with Crippen LogP contribution >= 0.6 is 22.7 Å². The third kappa shape index (κ3) is 3.82. The van der Waals surface area contributed by atoms with Gasteiger partial charge in [-0.25, -0.2) is 9.79 Å². The highest BCUT2D eigenvalue weighted by Crippen LogP contribution is 2.33. The van der Waals surface area contributed by atoms with Crippen LogP contribution in [0.1, 0.15) is 35.9 Å². The summed E-state index contributed by atoms with van der Waals surface area (Å²) in [4.78, 5) is 43.2. The number of nitro benzene ring substituents is 1. The van der Waals surface area contributed by atoms with Gasteiger partial charge in [0.15, 0.2) is 4.80 Å². The largest absolute Gasteiger partial charge is 0.463 e. The van der Waals surface area contributed by atoms with Crippen LogP contribution in [0.4, 0.5) is 5.69 Å². The molecular formula is C22H19N3O5S2. The van der Waals surface area contributed by atoms with E-state index in [1.165, 1.54) is 33.3 Å². The number of benzene rings is 1. The Labute approximate surface area is 190 Å². The van der Waals surface area contributed by atoms with Crippen molar-refractivity contribution < 1.29 is 14.5 Å². The lowest BCUT2D eigenvalue weighted by molar-refractivity contribution is -0.385. The quantitative estimate of drug-likeness (QED) is 0.325. The van der Waals surface area contributed by atoms with Crippen LogP contribution in [0.15, 0.2) is 56.8 Å². The van der Waals surface area contributed by atoms with Crippen LogP contribution in [-0.4, -0.2) is 22.1 Å². The number of allylic oxidation sites excluding steroid dienone is 1. The van der Waals surface area contributed by atoms with E-state index in [-0.39, 0.29) is 23.4 Å². The summed E-state index contributed by atoms with van der Waals surface area (Å²) in [7, 11) is 0. The molecule has 1 atom stereocenters. The molecule has 1 aromatic carbocycles. The second-order valence-corrected chi connectivity index (χ2v) is 9.11. The minimum Gasteiger partial charge on any atom is -0.463 e. The van der Waals surface area contributed by atoms with E-state index >= 15 is 0 Å². The number of nitrogens with zero attached hydrogens (tertiary/aromatic N) is 3. The van der Waals surface area contributed by atoms with Crippen molar-refractivity contribution in [3.8, 4) is 0 Å². The molecule has 0 spiro atoms. The smallest absolute Gasteiger partial charge is 0.338 e. The van der Waals surface area contributed by atoms with Gasteiger partial charge >= 0.3 is 5.97 Å². The maximum absolute atomic E-state index is 13.4. The first-order valence-corrected chi connectivity index (χ1v) is 11.5. The van der Waals surface area contributed by atoms with Crippen molar-refractivity contribution in [1.29, 1.82) is 0 Å². The fraction of sp³-hybridized carbons (Fsp3) is 0.227. The molecule has 2 aromatic heterocycles. The zero-order chi connectivity index (χ0) is 23.0. The predicted octanol–water partition coefficient (Wildman–Crippen LogP) is 3.08. The molecule has 1 aliphatic rings. The number of nitro groups is 1. The summed E-state index contributed by atoms with van der Waals surface area (Å²) >= 11 is 2.72. The van der Waals surface area contributed by atoms with Gasteiger partial charge in [-0.05, 0) is 43.9 Å². The van der Waals surface area contributed by atoms with Crippen molar-refractivity contribution >= 4 is 40.4 Å². The number of hydrogen-bond acceptors (Lipinski definition) is 8. The molecule has 0 unspecified atom stereocenters. The van der Waals surface area contributed by atoms with Crippen LogP contribution in [0.5, 0.6) is 0 Å². The number of carbonyl (C=O) groups is 1. The van der Waals surface area contributed by atoms with Crippen LogP contribution in [0.2, 0.25) is 0 Å². The Morgan fingerprint density at radius 3 is 2.78 bits per heavy atom. The highest BCUT2D eigenvalue weighted by atomic mass is 32.1. The van der Waals surface area contributed by atoms with Crippen molar-refractivity contribution in [2.45, 2.75) is 26.8 Å². The summed E-state index contributed by atoms with van der Waals surface area (Å²) in [5.41, 5.74) is 1.15. The van der Waals surface area contributed by atoms with Gasteiger partial charge in [0.05, 0.1) is 33.4 Å². The number of fused-ring (bicyclic) bond motifs is 1. The van der Waals surface area contributed by atoms with E-state index in [2.05, 4.69) is 4.99 Å². The van der Waals surface area contributed by atoms with E-state index in [1.54, 1.807) is 39.0 Å². The molecule has 10 heteroatoms. The van der Waals surface area contributed by atoms with Gasteiger partial charge in [0.2, 0.25) is 0 Å². The zero-order valence-corrected chi connectivity index (χ0v) is 19.2. The van der Waals surface area contributed by atoms with Crippen molar-refractivity contribution in [1.82, 2.24) is 4.57 Å². The molecule has 0 aliphatic carbocycles. The Kier molecular flexibility index (Phi) is 5.90. The number of thiazole rings is 1. The van der Waals surface area contributed by atoms with Gasteiger partial charge in [-0.3, -0.25) is 19.5 Å². The van der Waals surface area contributed by atoms with Crippen LogP contribution in [0.3, 0.4) is 0 Å². The maximum atomic E-state index is 13.4. The SMILES string of the molecule is CCOC(=O)C1=C(C)N=c2s/c(=C/c3cccs3)c(=O)n2[C@@H]1c1ccc(C)c([N+](=O)[O-])c1. The van der Waals surface area contributed by atoms with E-state index in [9.17, 15) is 19.7 Å². The second-order valence-electron chi connectivity index (χ2n) is 7.12. The lowest BCUT2D eigenvalue weighted by atomic mass is 9.94. The number of thiophene rings is 1. The average Bonchev–Trinajstić information content (AvgIpc) is 3.36.